The molecular weight excluding hydrogens is 288 g/mol. The molecular formula is C15H18N2O3S. The van der Waals surface area contributed by atoms with E-state index >= 15 is 0 Å². The average Bonchev–Trinajstić information content (AvgIpc) is 2.80. The second-order valence-electron chi connectivity index (χ2n) is 5.69. The summed E-state index contributed by atoms with van der Waals surface area (Å²) in [4.78, 5) is 29.2. The predicted molar refractivity (Wildman–Crippen MR) is 82.4 cm³/mol. The van der Waals surface area contributed by atoms with Crippen LogP contribution in [0.15, 0.2) is 24.3 Å². The van der Waals surface area contributed by atoms with Gasteiger partial charge in [-0.2, -0.15) is 0 Å². The molecule has 0 radical (unpaired) electrons. The van der Waals surface area contributed by atoms with Crippen LogP contribution in [-0.2, 0) is 9.53 Å². The largest absolute Gasteiger partial charge is 0.444 e. The van der Waals surface area contributed by atoms with Gasteiger partial charge in [-0.25, -0.2) is 9.78 Å². The molecule has 1 heterocycles. The number of amides is 1. The molecule has 0 aliphatic heterocycles. The Kier molecular flexibility index (Phi) is 4.27. The highest BCUT2D eigenvalue weighted by atomic mass is 32.1. The van der Waals surface area contributed by atoms with Gasteiger partial charge in [0.25, 0.3) is 0 Å². The van der Waals surface area contributed by atoms with E-state index in [1.54, 1.807) is 27.8 Å². The van der Waals surface area contributed by atoms with Gasteiger partial charge in [-0.15, -0.1) is 11.3 Å². The Morgan fingerprint density at radius 2 is 2.05 bits per heavy atom. The summed E-state index contributed by atoms with van der Waals surface area (Å²) in [6, 6.07) is 6.88. The Morgan fingerprint density at radius 3 is 2.62 bits per heavy atom. The number of fused-ring (bicyclic) bond motifs is 1. The molecule has 0 aliphatic carbocycles. The van der Waals surface area contributed by atoms with Gasteiger partial charge < -0.3 is 9.53 Å². The minimum Gasteiger partial charge on any atom is -0.444 e. The fraction of sp³-hybridized carbons (Fsp3) is 0.400. The smallest absolute Gasteiger partial charge is 0.410 e. The molecule has 5 nitrogen and oxygen atoms in total. The van der Waals surface area contributed by atoms with Crippen molar-refractivity contribution in [3.63, 3.8) is 0 Å². The number of thiazole rings is 1. The summed E-state index contributed by atoms with van der Waals surface area (Å²) in [6.07, 6.45) is 0.167. The van der Waals surface area contributed by atoms with Gasteiger partial charge in [-0.05, 0) is 32.9 Å². The molecule has 0 saturated heterocycles. The maximum atomic E-state index is 12.1. The van der Waals surface area contributed by atoms with Crippen LogP contribution in [0.1, 0.15) is 31.8 Å². The topological polar surface area (TPSA) is 59.5 Å². The van der Waals surface area contributed by atoms with Gasteiger partial charge in [-0.3, -0.25) is 4.90 Å². The third kappa shape index (κ3) is 3.58. The summed E-state index contributed by atoms with van der Waals surface area (Å²) in [5.41, 5.74) is 0.216. The number of carbonyl (C=O) groups is 2. The third-order valence-corrected chi connectivity index (χ3v) is 3.90. The number of aromatic nitrogens is 1. The number of likely N-dealkylation sites (N-methyl/N-ethyl adjacent to an activating group) is 1. The molecule has 1 amide bonds. The molecule has 0 N–H and O–H groups in total. The number of para-hydroxylation sites is 1. The van der Waals surface area contributed by atoms with Crippen molar-refractivity contribution >= 4 is 33.9 Å². The minimum atomic E-state index is -0.739. The number of hydrogen-bond donors (Lipinski definition) is 0. The molecule has 0 saturated carbocycles. The first-order valence-electron chi connectivity index (χ1n) is 6.58. The van der Waals surface area contributed by atoms with Crippen LogP contribution in [0, 0.1) is 0 Å². The van der Waals surface area contributed by atoms with Gasteiger partial charge in [0.1, 0.15) is 22.9 Å². The van der Waals surface area contributed by atoms with Crippen molar-refractivity contribution in [1.29, 1.82) is 0 Å². The van der Waals surface area contributed by atoms with Gasteiger partial charge in [0.2, 0.25) is 0 Å². The Hall–Kier alpha value is -1.95. The molecule has 6 heteroatoms. The number of rotatable bonds is 3. The molecule has 2 rings (SSSR count). The highest BCUT2D eigenvalue weighted by Gasteiger charge is 2.28. The third-order valence-electron chi connectivity index (χ3n) is 2.79. The average molecular weight is 306 g/mol. The van der Waals surface area contributed by atoms with Crippen LogP contribution >= 0.6 is 11.3 Å². The Morgan fingerprint density at radius 1 is 1.38 bits per heavy atom. The van der Waals surface area contributed by atoms with Crippen LogP contribution < -0.4 is 0 Å². The highest BCUT2D eigenvalue weighted by molar-refractivity contribution is 7.18. The number of aldehydes is 1. The van der Waals surface area contributed by atoms with E-state index in [1.165, 1.54) is 16.2 Å². The lowest BCUT2D eigenvalue weighted by molar-refractivity contribution is -0.112. The van der Waals surface area contributed by atoms with E-state index in [4.69, 9.17) is 4.74 Å². The van der Waals surface area contributed by atoms with Gasteiger partial charge in [0.15, 0.2) is 0 Å². The summed E-state index contributed by atoms with van der Waals surface area (Å²) in [5, 5.41) is 0.583. The molecule has 1 aromatic carbocycles. The van der Waals surface area contributed by atoms with E-state index in [1.807, 2.05) is 24.3 Å². The van der Waals surface area contributed by atoms with Gasteiger partial charge >= 0.3 is 6.09 Å². The molecule has 0 bridgehead atoms. The Balaban J connectivity index is 2.26. The van der Waals surface area contributed by atoms with E-state index in [0.717, 1.165) is 10.2 Å². The molecule has 21 heavy (non-hydrogen) atoms. The molecule has 0 fully saturated rings. The second kappa shape index (κ2) is 5.81. The summed E-state index contributed by atoms with van der Waals surface area (Å²) in [7, 11) is 1.54. The van der Waals surface area contributed by atoms with Gasteiger partial charge in [0, 0.05) is 7.05 Å². The summed E-state index contributed by atoms with van der Waals surface area (Å²) < 4.78 is 6.27. The summed E-state index contributed by atoms with van der Waals surface area (Å²) in [5.74, 6) is 0. The number of benzene rings is 1. The van der Waals surface area contributed by atoms with Crippen LogP contribution in [0.3, 0.4) is 0 Å². The van der Waals surface area contributed by atoms with Crippen LogP contribution in [0.2, 0.25) is 0 Å². The van der Waals surface area contributed by atoms with Crippen LogP contribution in [0.5, 0.6) is 0 Å². The molecule has 0 aliphatic rings. The number of ether oxygens (including phenoxy) is 1. The first-order valence-corrected chi connectivity index (χ1v) is 7.40. The zero-order chi connectivity index (χ0) is 15.6. The predicted octanol–water partition coefficient (Wildman–Crippen LogP) is 3.40. The zero-order valence-electron chi connectivity index (χ0n) is 12.5. The maximum Gasteiger partial charge on any atom is 0.410 e. The fourth-order valence-electron chi connectivity index (χ4n) is 1.78. The first-order chi connectivity index (χ1) is 9.81. The van der Waals surface area contributed by atoms with Gasteiger partial charge in [-0.1, -0.05) is 12.1 Å². The summed E-state index contributed by atoms with van der Waals surface area (Å²) >= 11 is 1.40. The minimum absolute atomic E-state index is 0.543. The van der Waals surface area contributed by atoms with E-state index < -0.39 is 17.7 Å². The lowest BCUT2D eigenvalue weighted by atomic mass is 10.2. The Labute approximate surface area is 127 Å². The van der Waals surface area contributed by atoms with Crippen LogP contribution in [-0.4, -0.2) is 34.9 Å². The van der Waals surface area contributed by atoms with Crippen molar-refractivity contribution in [2.24, 2.45) is 0 Å². The van der Waals surface area contributed by atoms with Crippen molar-refractivity contribution in [2.75, 3.05) is 7.05 Å². The van der Waals surface area contributed by atoms with Crippen LogP contribution in [0.4, 0.5) is 4.79 Å². The van der Waals surface area contributed by atoms with Gasteiger partial charge in [0.05, 0.1) is 10.2 Å². The molecule has 112 valence electrons. The molecule has 2 aromatic rings. The quantitative estimate of drug-likeness (QED) is 0.815. The van der Waals surface area contributed by atoms with Crippen molar-refractivity contribution in [3.8, 4) is 0 Å². The second-order valence-corrected chi connectivity index (χ2v) is 6.75. The van der Waals surface area contributed by atoms with Crippen molar-refractivity contribution in [1.82, 2.24) is 9.88 Å². The standard InChI is InChI=1S/C15H18N2O3S/c1-15(2,3)20-14(19)17(4)11(9-18)13-16-10-7-5-6-8-12(10)21-13/h5-9,11H,1-4H3. The SMILES string of the molecule is CN(C(=O)OC(C)(C)C)C(C=O)c1nc2ccccc2s1. The van der Waals surface area contributed by atoms with Crippen LogP contribution in [0.25, 0.3) is 10.2 Å². The van der Waals surface area contributed by atoms with E-state index in [-0.39, 0.29) is 0 Å². The molecule has 1 unspecified atom stereocenters. The van der Waals surface area contributed by atoms with E-state index in [2.05, 4.69) is 4.98 Å². The molecule has 0 spiro atoms. The van der Waals surface area contributed by atoms with Crippen molar-refractivity contribution < 1.29 is 14.3 Å². The normalized spacial score (nSPS) is 13.0. The lowest BCUT2D eigenvalue weighted by Gasteiger charge is -2.27. The van der Waals surface area contributed by atoms with E-state index in [9.17, 15) is 9.59 Å². The van der Waals surface area contributed by atoms with Crippen molar-refractivity contribution in [2.45, 2.75) is 32.4 Å². The maximum absolute atomic E-state index is 12.1. The lowest BCUT2D eigenvalue weighted by Crippen LogP contribution is -2.37. The number of carbonyl (C=O) groups excluding carboxylic acids is 2. The highest BCUT2D eigenvalue weighted by Crippen LogP contribution is 2.28. The monoisotopic (exact) mass is 306 g/mol. The van der Waals surface area contributed by atoms with E-state index in [0.29, 0.717) is 11.3 Å². The molecule has 1 aromatic heterocycles. The summed E-state index contributed by atoms with van der Waals surface area (Å²) in [6.45, 7) is 5.35. The van der Waals surface area contributed by atoms with Crippen molar-refractivity contribution in [3.05, 3.63) is 29.3 Å². The first kappa shape index (κ1) is 15.4. The molecule has 1 atom stereocenters. The fourth-order valence-corrected chi connectivity index (χ4v) is 2.85. The zero-order valence-corrected chi connectivity index (χ0v) is 13.3. The Bertz CT molecular complexity index is 627. The number of hydrogen-bond acceptors (Lipinski definition) is 5. The number of nitrogens with zero attached hydrogens (tertiary/aromatic N) is 2.